The number of carbonyl (C=O) groups is 1. The van der Waals surface area contributed by atoms with Gasteiger partial charge in [0.25, 0.3) is 0 Å². The molecule has 2 aliphatic rings. The van der Waals surface area contributed by atoms with Crippen molar-refractivity contribution < 1.29 is 28.2 Å². The Hall–Kier alpha value is -1.57. The summed E-state index contributed by atoms with van der Waals surface area (Å²) in [5.74, 6) is -2.83. The summed E-state index contributed by atoms with van der Waals surface area (Å²) in [6.45, 7) is -3.38. The van der Waals surface area contributed by atoms with E-state index >= 15 is 0 Å². The van der Waals surface area contributed by atoms with Crippen molar-refractivity contribution >= 4 is 23.4 Å². The molecule has 1 aliphatic carbocycles. The zero-order valence-electron chi connectivity index (χ0n) is 16.1. The lowest BCUT2D eigenvalue weighted by molar-refractivity contribution is -0.142. The maximum absolute atomic E-state index is 13.0. The quantitative estimate of drug-likeness (QED) is 0.618. The fraction of sp³-hybridized carbons (Fsp3) is 0.643. The standard InChI is InChI=1S/C14H15ClF3N3O2/c1-13-6-21(5-8(13)7(13)3-11(22)23-2)10-4-9(14(16,17)18)19-12(15)20-10/h4,7-8H,3,5-6H2,1-2H3/i5D2,6D2. The molecule has 2 heterocycles. The number of ether oxygens (including phenoxy) is 1. The molecule has 1 aliphatic heterocycles. The van der Waals surface area contributed by atoms with Crippen LogP contribution in [0.3, 0.4) is 0 Å². The average molecular weight is 354 g/mol. The topological polar surface area (TPSA) is 55.3 Å². The zero-order chi connectivity index (χ0) is 20.6. The second-order valence-corrected chi connectivity index (χ2v) is 5.94. The maximum atomic E-state index is 13.0. The zero-order valence-corrected chi connectivity index (χ0v) is 12.9. The second kappa shape index (κ2) is 5.22. The number of aromatic nitrogens is 2. The van der Waals surface area contributed by atoms with E-state index in [1.165, 1.54) is 14.0 Å². The van der Waals surface area contributed by atoms with Crippen LogP contribution in [-0.2, 0) is 15.7 Å². The van der Waals surface area contributed by atoms with Crippen LogP contribution in [-0.4, -0.2) is 36.0 Å². The molecule has 1 aromatic heterocycles. The molecule has 0 amide bonds. The monoisotopic (exact) mass is 353 g/mol. The summed E-state index contributed by atoms with van der Waals surface area (Å²) in [5.41, 5.74) is -2.72. The van der Waals surface area contributed by atoms with E-state index in [0.717, 1.165) is 0 Å². The predicted molar refractivity (Wildman–Crippen MR) is 76.0 cm³/mol. The lowest BCUT2D eigenvalue weighted by Crippen LogP contribution is -2.28. The van der Waals surface area contributed by atoms with Gasteiger partial charge in [0.15, 0.2) is 5.69 Å². The highest BCUT2D eigenvalue weighted by atomic mass is 35.5. The number of fused-ring (bicyclic) bond motifs is 1. The number of anilines is 1. The van der Waals surface area contributed by atoms with Crippen molar-refractivity contribution in [1.29, 1.82) is 0 Å². The molecule has 9 heteroatoms. The first-order chi connectivity index (χ1) is 12.2. The van der Waals surface area contributed by atoms with E-state index in [-0.39, 0.29) is 6.42 Å². The predicted octanol–water partition coefficient (Wildman–Crippen LogP) is 2.78. The molecule has 5 nitrogen and oxygen atoms in total. The van der Waals surface area contributed by atoms with E-state index in [9.17, 15) is 18.0 Å². The van der Waals surface area contributed by atoms with Crippen LogP contribution in [0.5, 0.6) is 0 Å². The molecule has 2 fully saturated rings. The number of carbonyl (C=O) groups excluding carboxylic acids is 1. The van der Waals surface area contributed by atoms with E-state index < -0.39 is 59.2 Å². The normalized spacial score (nSPS) is 36.3. The number of methoxy groups -OCH3 is 1. The van der Waals surface area contributed by atoms with Gasteiger partial charge in [-0.1, -0.05) is 6.92 Å². The van der Waals surface area contributed by atoms with Crippen LogP contribution in [0.4, 0.5) is 19.0 Å². The number of alkyl halides is 3. The summed E-state index contributed by atoms with van der Waals surface area (Å²) in [5, 5.41) is -0.775. The van der Waals surface area contributed by atoms with Gasteiger partial charge in [-0.05, 0) is 28.9 Å². The van der Waals surface area contributed by atoms with Gasteiger partial charge in [0.1, 0.15) is 5.82 Å². The number of piperidine rings is 1. The van der Waals surface area contributed by atoms with Gasteiger partial charge in [0.2, 0.25) is 5.28 Å². The van der Waals surface area contributed by atoms with E-state index in [1.54, 1.807) is 0 Å². The molecule has 0 aromatic carbocycles. The van der Waals surface area contributed by atoms with E-state index in [1.807, 2.05) is 0 Å². The Kier molecular flexibility index (Phi) is 2.70. The van der Waals surface area contributed by atoms with Gasteiger partial charge >= 0.3 is 12.1 Å². The summed E-state index contributed by atoms with van der Waals surface area (Å²) < 4.78 is 77.2. The molecule has 1 saturated carbocycles. The van der Waals surface area contributed by atoms with Gasteiger partial charge in [0, 0.05) is 31.0 Å². The Morgan fingerprint density at radius 2 is 2.30 bits per heavy atom. The van der Waals surface area contributed by atoms with Gasteiger partial charge in [-0.3, -0.25) is 4.79 Å². The molecule has 3 rings (SSSR count). The van der Waals surface area contributed by atoms with Crippen molar-refractivity contribution in [2.75, 3.05) is 25.0 Å². The highest BCUT2D eigenvalue weighted by Crippen LogP contribution is 2.64. The molecule has 0 spiro atoms. The van der Waals surface area contributed by atoms with Crippen molar-refractivity contribution in [3.8, 4) is 0 Å². The number of hydrogen-bond acceptors (Lipinski definition) is 5. The molecule has 23 heavy (non-hydrogen) atoms. The Labute approximate surface area is 141 Å². The van der Waals surface area contributed by atoms with Crippen molar-refractivity contribution in [3.63, 3.8) is 0 Å². The van der Waals surface area contributed by atoms with Crippen molar-refractivity contribution in [2.45, 2.75) is 19.5 Å². The molecule has 0 N–H and O–H groups in total. The number of nitrogens with zero attached hydrogens (tertiary/aromatic N) is 3. The van der Waals surface area contributed by atoms with Gasteiger partial charge in [-0.25, -0.2) is 9.97 Å². The highest BCUT2D eigenvalue weighted by Gasteiger charge is 2.66. The van der Waals surface area contributed by atoms with E-state index in [4.69, 9.17) is 17.1 Å². The molecule has 1 aromatic rings. The van der Waals surface area contributed by atoms with Crippen LogP contribution < -0.4 is 4.90 Å². The van der Waals surface area contributed by atoms with Crippen molar-refractivity contribution in [1.82, 2.24) is 9.97 Å². The lowest BCUT2D eigenvalue weighted by Gasteiger charge is -2.23. The summed E-state index contributed by atoms with van der Waals surface area (Å²) in [6.07, 6.45) is -5.05. The Morgan fingerprint density at radius 1 is 1.61 bits per heavy atom. The fourth-order valence-corrected chi connectivity index (χ4v) is 2.95. The molecule has 0 radical (unpaired) electrons. The second-order valence-electron chi connectivity index (χ2n) is 5.60. The van der Waals surface area contributed by atoms with Gasteiger partial charge in [-0.2, -0.15) is 13.2 Å². The lowest BCUT2D eigenvalue weighted by atomic mass is 10.1. The van der Waals surface area contributed by atoms with Crippen LogP contribution >= 0.6 is 11.6 Å². The molecular formula is C14H15ClF3N3O2. The molecule has 3 unspecified atom stereocenters. The first-order valence-corrected chi connectivity index (χ1v) is 7.05. The number of hydrogen-bond donors (Lipinski definition) is 0. The summed E-state index contributed by atoms with van der Waals surface area (Å²) >= 11 is 5.56. The molecule has 3 atom stereocenters. The largest absolute Gasteiger partial charge is 0.469 e. The van der Waals surface area contributed by atoms with Gasteiger partial charge < -0.3 is 9.64 Å². The molecular weight excluding hydrogens is 335 g/mol. The molecule has 1 saturated heterocycles. The van der Waals surface area contributed by atoms with Crippen molar-refractivity contribution in [3.05, 3.63) is 17.0 Å². The van der Waals surface area contributed by atoms with Crippen LogP contribution in [0, 0.1) is 17.3 Å². The number of halogens is 4. The Balaban J connectivity index is 2.05. The first-order valence-electron chi connectivity index (χ1n) is 8.68. The van der Waals surface area contributed by atoms with Crippen molar-refractivity contribution in [2.24, 2.45) is 17.3 Å². The number of rotatable bonds is 3. The number of esters is 1. The van der Waals surface area contributed by atoms with E-state index in [0.29, 0.717) is 11.0 Å². The third-order valence-corrected chi connectivity index (χ3v) is 4.32. The van der Waals surface area contributed by atoms with Gasteiger partial charge in [-0.15, -0.1) is 0 Å². The molecule has 126 valence electrons. The summed E-state index contributed by atoms with van der Waals surface area (Å²) in [7, 11) is 1.17. The minimum Gasteiger partial charge on any atom is -0.469 e. The van der Waals surface area contributed by atoms with Crippen LogP contribution in [0.1, 0.15) is 24.5 Å². The Bertz CT molecular complexity index is 810. The average Bonchev–Trinajstić information content (AvgIpc) is 3.08. The van der Waals surface area contributed by atoms with Crippen LogP contribution in [0.15, 0.2) is 6.07 Å². The van der Waals surface area contributed by atoms with E-state index in [2.05, 4.69) is 14.7 Å². The molecule has 0 bridgehead atoms. The fourth-order valence-electron chi connectivity index (χ4n) is 2.77. The Morgan fingerprint density at radius 3 is 2.83 bits per heavy atom. The van der Waals surface area contributed by atoms with Crippen LogP contribution in [0.2, 0.25) is 5.28 Å². The third-order valence-electron chi connectivity index (χ3n) is 4.15. The third kappa shape index (κ3) is 2.84. The highest BCUT2D eigenvalue weighted by molar-refractivity contribution is 6.28. The minimum atomic E-state index is -4.86. The minimum absolute atomic E-state index is 0.192. The van der Waals surface area contributed by atoms with Crippen LogP contribution in [0.25, 0.3) is 0 Å². The first kappa shape index (κ1) is 11.9. The summed E-state index contributed by atoms with van der Waals surface area (Å²) in [4.78, 5) is 18.8. The summed E-state index contributed by atoms with van der Waals surface area (Å²) in [6, 6.07) is 0.463. The SMILES string of the molecule is [2H]C1([2H])C2C(CC(=O)OC)C2(C)C([2H])([2H])N1c1cc(C(F)(F)F)nc(Cl)n1. The van der Waals surface area contributed by atoms with Gasteiger partial charge in [0.05, 0.1) is 7.11 Å². The smallest absolute Gasteiger partial charge is 0.433 e. The maximum Gasteiger partial charge on any atom is 0.433 e.